The first-order chi connectivity index (χ1) is 13.0. The number of nitro groups is 1. The molecule has 1 amide bonds. The van der Waals surface area contributed by atoms with E-state index in [0.29, 0.717) is 37.6 Å². The number of ketones is 1. The van der Waals surface area contributed by atoms with Gasteiger partial charge in [0, 0.05) is 50.7 Å². The van der Waals surface area contributed by atoms with Gasteiger partial charge < -0.3 is 9.80 Å². The molecule has 0 spiro atoms. The van der Waals surface area contributed by atoms with Gasteiger partial charge in [-0.1, -0.05) is 30.3 Å². The van der Waals surface area contributed by atoms with E-state index in [4.69, 9.17) is 0 Å². The normalized spacial score (nSPS) is 14.1. The molecule has 0 bridgehead atoms. The van der Waals surface area contributed by atoms with Gasteiger partial charge in [-0.2, -0.15) is 0 Å². The van der Waals surface area contributed by atoms with Gasteiger partial charge in [0.15, 0.2) is 5.78 Å². The molecule has 1 aliphatic rings. The number of pyridine rings is 1. The van der Waals surface area contributed by atoms with Crippen molar-refractivity contribution in [2.75, 3.05) is 31.1 Å². The number of hydrogen-bond acceptors (Lipinski definition) is 6. The van der Waals surface area contributed by atoms with Crippen molar-refractivity contribution in [3.8, 4) is 0 Å². The van der Waals surface area contributed by atoms with Crippen LogP contribution in [-0.4, -0.2) is 52.7 Å². The molecule has 8 heteroatoms. The largest absolute Gasteiger partial charge is 0.353 e. The third-order valence-corrected chi connectivity index (χ3v) is 4.56. The van der Waals surface area contributed by atoms with Crippen molar-refractivity contribution in [1.82, 2.24) is 9.88 Å². The predicted molar refractivity (Wildman–Crippen MR) is 99.7 cm³/mol. The fourth-order valence-corrected chi connectivity index (χ4v) is 3.01. The molecule has 1 aromatic heterocycles. The van der Waals surface area contributed by atoms with E-state index in [2.05, 4.69) is 4.98 Å². The maximum atomic E-state index is 12.4. The summed E-state index contributed by atoms with van der Waals surface area (Å²) in [5.41, 5.74) is 0.579. The zero-order valence-corrected chi connectivity index (χ0v) is 14.8. The molecule has 1 fully saturated rings. The second-order valence-electron chi connectivity index (χ2n) is 6.29. The molecule has 0 atom stereocenters. The molecule has 1 aliphatic heterocycles. The number of amides is 1. The summed E-state index contributed by atoms with van der Waals surface area (Å²) >= 11 is 0. The number of rotatable bonds is 6. The van der Waals surface area contributed by atoms with E-state index < -0.39 is 4.92 Å². The lowest BCUT2D eigenvalue weighted by atomic mass is 10.1. The Hall–Kier alpha value is -3.29. The van der Waals surface area contributed by atoms with Crippen LogP contribution in [0.25, 0.3) is 0 Å². The summed E-state index contributed by atoms with van der Waals surface area (Å²) < 4.78 is 0. The molecular weight excluding hydrogens is 348 g/mol. The Kier molecular flexibility index (Phi) is 5.75. The Morgan fingerprint density at radius 3 is 2.30 bits per heavy atom. The zero-order chi connectivity index (χ0) is 19.2. The molecule has 0 saturated carbocycles. The van der Waals surface area contributed by atoms with Gasteiger partial charge in [-0.15, -0.1) is 0 Å². The number of carbonyl (C=O) groups is 2. The van der Waals surface area contributed by atoms with E-state index in [-0.39, 0.29) is 30.2 Å². The van der Waals surface area contributed by atoms with E-state index in [9.17, 15) is 19.7 Å². The van der Waals surface area contributed by atoms with Gasteiger partial charge in [-0.3, -0.25) is 19.7 Å². The Morgan fingerprint density at radius 2 is 1.70 bits per heavy atom. The maximum absolute atomic E-state index is 12.4. The molecule has 3 rings (SSSR count). The van der Waals surface area contributed by atoms with E-state index in [1.54, 1.807) is 35.2 Å². The minimum absolute atomic E-state index is 0.0299. The van der Waals surface area contributed by atoms with E-state index in [0.717, 1.165) is 0 Å². The van der Waals surface area contributed by atoms with Crippen molar-refractivity contribution >= 4 is 23.2 Å². The quantitative estimate of drug-likeness (QED) is 0.441. The van der Waals surface area contributed by atoms with Crippen molar-refractivity contribution in [3.05, 3.63) is 64.3 Å². The van der Waals surface area contributed by atoms with Crippen LogP contribution < -0.4 is 4.90 Å². The highest BCUT2D eigenvalue weighted by Gasteiger charge is 2.22. The van der Waals surface area contributed by atoms with Crippen molar-refractivity contribution < 1.29 is 14.5 Å². The fourth-order valence-electron chi connectivity index (χ4n) is 3.01. The van der Waals surface area contributed by atoms with Gasteiger partial charge in [0.25, 0.3) is 5.69 Å². The van der Waals surface area contributed by atoms with Gasteiger partial charge in [0.2, 0.25) is 5.91 Å². The summed E-state index contributed by atoms with van der Waals surface area (Å²) in [5.74, 6) is 0.597. The lowest BCUT2D eigenvalue weighted by Gasteiger charge is -2.35. The number of anilines is 1. The number of hydrogen-bond donors (Lipinski definition) is 0. The number of piperazine rings is 1. The van der Waals surface area contributed by atoms with Gasteiger partial charge in [0.1, 0.15) is 12.0 Å². The van der Waals surface area contributed by atoms with Gasteiger partial charge in [0.05, 0.1) is 4.92 Å². The highest BCUT2D eigenvalue weighted by atomic mass is 16.6. The van der Waals surface area contributed by atoms with Crippen LogP contribution in [0.1, 0.15) is 23.2 Å². The first-order valence-corrected chi connectivity index (χ1v) is 8.76. The zero-order valence-electron chi connectivity index (χ0n) is 14.8. The molecule has 0 N–H and O–H groups in total. The van der Waals surface area contributed by atoms with Crippen molar-refractivity contribution in [2.45, 2.75) is 12.8 Å². The van der Waals surface area contributed by atoms with Crippen LogP contribution in [0.5, 0.6) is 0 Å². The highest BCUT2D eigenvalue weighted by molar-refractivity contribution is 5.97. The lowest BCUT2D eigenvalue weighted by Crippen LogP contribution is -2.49. The molecule has 27 heavy (non-hydrogen) atoms. The Bertz CT molecular complexity index is 815. The average molecular weight is 368 g/mol. The van der Waals surface area contributed by atoms with E-state index >= 15 is 0 Å². The summed E-state index contributed by atoms with van der Waals surface area (Å²) in [5, 5.41) is 10.7. The first-order valence-electron chi connectivity index (χ1n) is 8.76. The van der Waals surface area contributed by atoms with Gasteiger partial charge >= 0.3 is 0 Å². The number of benzene rings is 1. The number of Topliss-reactive ketones (excluding diaryl/α,β-unsaturated/α-hetero) is 1. The minimum atomic E-state index is -0.482. The molecule has 1 aromatic carbocycles. The summed E-state index contributed by atoms with van der Waals surface area (Å²) in [6, 6.07) is 12.0. The second kappa shape index (κ2) is 8.39. The van der Waals surface area contributed by atoms with Crippen molar-refractivity contribution in [1.29, 1.82) is 0 Å². The molecule has 0 aliphatic carbocycles. The molecule has 1 saturated heterocycles. The topological polar surface area (TPSA) is 96.7 Å². The number of aromatic nitrogens is 1. The Balaban J connectivity index is 1.47. The maximum Gasteiger partial charge on any atom is 0.287 e. The fraction of sp³-hybridized carbons (Fsp3) is 0.316. The first kappa shape index (κ1) is 18.5. The Morgan fingerprint density at radius 1 is 1.00 bits per heavy atom. The molecule has 2 aromatic rings. The van der Waals surface area contributed by atoms with Crippen LogP contribution in [0.15, 0.2) is 48.7 Å². The third kappa shape index (κ3) is 4.66. The number of carbonyl (C=O) groups excluding carboxylic acids is 2. The second-order valence-corrected chi connectivity index (χ2v) is 6.29. The van der Waals surface area contributed by atoms with Crippen LogP contribution in [0.4, 0.5) is 11.5 Å². The van der Waals surface area contributed by atoms with Crippen molar-refractivity contribution in [2.24, 2.45) is 0 Å². The summed E-state index contributed by atoms with van der Waals surface area (Å²) in [4.78, 5) is 42.5. The van der Waals surface area contributed by atoms with E-state index in [1.165, 1.54) is 12.3 Å². The molecule has 0 unspecified atom stereocenters. The van der Waals surface area contributed by atoms with E-state index in [1.807, 2.05) is 11.0 Å². The van der Waals surface area contributed by atoms with Crippen molar-refractivity contribution in [3.63, 3.8) is 0 Å². The predicted octanol–water partition coefficient (Wildman–Crippen LogP) is 2.30. The smallest absolute Gasteiger partial charge is 0.287 e. The van der Waals surface area contributed by atoms with Gasteiger partial charge in [-0.05, 0) is 6.07 Å². The average Bonchev–Trinajstić information content (AvgIpc) is 2.72. The molecule has 0 radical (unpaired) electrons. The van der Waals surface area contributed by atoms with Crippen LogP contribution in [0, 0.1) is 10.1 Å². The monoisotopic (exact) mass is 368 g/mol. The van der Waals surface area contributed by atoms with Crippen LogP contribution in [0.2, 0.25) is 0 Å². The molecular formula is C19H20N4O4. The van der Waals surface area contributed by atoms with Gasteiger partial charge in [-0.25, -0.2) is 4.98 Å². The minimum Gasteiger partial charge on any atom is -0.353 e. The SMILES string of the molecule is O=C(CCC(=O)N1CCN(c2ccc([N+](=O)[O-])cn2)CC1)c1ccccc1. The highest BCUT2D eigenvalue weighted by Crippen LogP contribution is 2.18. The lowest BCUT2D eigenvalue weighted by molar-refractivity contribution is -0.385. The van der Waals surface area contributed by atoms with Crippen LogP contribution >= 0.6 is 0 Å². The Labute approximate surface area is 156 Å². The molecule has 2 heterocycles. The number of nitrogens with zero attached hydrogens (tertiary/aromatic N) is 4. The summed E-state index contributed by atoms with van der Waals surface area (Å²) in [6.07, 6.45) is 1.64. The van der Waals surface area contributed by atoms with Crippen LogP contribution in [0.3, 0.4) is 0 Å². The van der Waals surface area contributed by atoms with Crippen LogP contribution in [-0.2, 0) is 4.79 Å². The summed E-state index contributed by atoms with van der Waals surface area (Å²) in [7, 11) is 0. The third-order valence-electron chi connectivity index (χ3n) is 4.56. The molecule has 8 nitrogen and oxygen atoms in total. The molecule has 140 valence electrons. The standard InChI is InChI=1S/C19H20N4O4/c24-17(15-4-2-1-3-5-15)7-9-19(25)22-12-10-21(11-13-22)18-8-6-16(14-20-18)23(26)27/h1-6,8,14H,7,9-13H2. The summed E-state index contributed by atoms with van der Waals surface area (Å²) in [6.45, 7) is 2.28.